The summed E-state index contributed by atoms with van der Waals surface area (Å²) in [6.45, 7) is 0.901. The number of hydrogen-bond acceptors (Lipinski definition) is 4. The van der Waals surface area contributed by atoms with Crippen molar-refractivity contribution in [3.63, 3.8) is 0 Å². The maximum Gasteiger partial charge on any atom is 0.227 e. The van der Waals surface area contributed by atoms with Crippen molar-refractivity contribution < 1.29 is 4.52 Å². The van der Waals surface area contributed by atoms with E-state index in [1.165, 1.54) is 24.7 Å². The lowest BCUT2D eigenvalue weighted by Crippen LogP contribution is -2.40. The molecule has 3 rings (SSSR count). The quantitative estimate of drug-likeness (QED) is 0.920. The molecule has 1 heterocycles. The van der Waals surface area contributed by atoms with Crippen LogP contribution in [0, 0.1) is 0 Å². The molecule has 1 saturated carbocycles. The molecule has 0 bridgehead atoms. The fourth-order valence-electron chi connectivity index (χ4n) is 2.51. The second kappa shape index (κ2) is 5.84. The molecule has 1 aromatic carbocycles. The van der Waals surface area contributed by atoms with E-state index in [0.717, 1.165) is 17.4 Å². The van der Waals surface area contributed by atoms with Gasteiger partial charge >= 0.3 is 0 Å². The minimum absolute atomic E-state index is 0.618. The summed E-state index contributed by atoms with van der Waals surface area (Å²) in [5.41, 5.74) is 1.43. The van der Waals surface area contributed by atoms with E-state index in [1.807, 2.05) is 0 Å². The van der Waals surface area contributed by atoms with Crippen LogP contribution in [0.5, 0.6) is 0 Å². The van der Waals surface area contributed by atoms with Crippen LogP contribution in [0.4, 0.5) is 0 Å². The first-order valence-electron chi connectivity index (χ1n) is 6.55. The summed E-state index contributed by atoms with van der Waals surface area (Å²) in [4.78, 5) is 4.01. The summed E-state index contributed by atoms with van der Waals surface area (Å²) in [5.74, 6) is 1.40. The number of hydrogen-bond donors (Lipinski definition) is 1. The molecule has 19 heavy (non-hydrogen) atoms. The minimum Gasteiger partial charge on any atom is -0.340 e. The van der Waals surface area contributed by atoms with Crippen LogP contribution in [0.25, 0.3) is 0 Å². The molecule has 4 nitrogen and oxygen atoms in total. The Balaban J connectivity index is 1.41. The van der Waals surface area contributed by atoms with Crippen LogP contribution in [0.1, 0.15) is 30.2 Å². The lowest BCUT2D eigenvalue weighted by atomic mass is 9.76. The second-order valence-corrected chi connectivity index (χ2v) is 5.88. The van der Waals surface area contributed by atoms with Crippen molar-refractivity contribution >= 4 is 15.9 Å². The van der Waals surface area contributed by atoms with E-state index in [4.69, 9.17) is 4.52 Å². The molecular weight excluding hydrogens is 306 g/mol. The maximum absolute atomic E-state index is 4.96. The van der Waals surface area contributed by atoms with Crippen molar-refractivity contribution in [2.24, 2.45) is 0 Å². The van der Waals surface area contributed by atoms with Gasteiger partial charge in [-0.2, -0.15) is 4.98 Å². The molecule has 1 aliphatic carbocycles. The summed E-state index contributed by atoms with van der Waals surface area (Å²) in [5, 5.41) is 7.13. The van der Waals surface area contributed by atoms with Gasteiger partial charge < -0.3 is 9.84 Å². The van der Waals surface area contributed by atoms with Crippen LogP contribution in [-0.2, 0) is 6.42 Å². The zero-order valence-electron chi connectivity index (χ0n) is 10.6. The molecule has 1 aromatic heterocycles. The first-order valence-corrected chi connectivity index (χ1v) is 7.35. The highest BCUT2D eigenvalue weighted by Crippen LogP contribution is 2.37. The maximum atomic E-state index is 4.96. The predicted octanol–water partition coefficient (Wildman–Crippen LogP) is 2.91. The number of nitrogens with one attached hydrogen (secondary N) is 1. The number of aromatic nitrogens is 2. The van der Waals surface area contributed by atoms with Gasteiger partial charge in [-0.15, -0.1) is 0 Å². The van der Waals surface area contributed by atoms with Gasteiger partial charge in [0.15, 0.2) is 6.33 Å². The Morgan fingerprint density at radius 3 is 3.00 bits per heavy atom. The van der Waals surface area contributed by atoms with E-state index in [-0.39, 0.29) is 0 Å². The van der Waals surface area contributed by atoms with Crippen molar-refractivity contribution in [3.8, 4) is 0 Å². The Labute approximate surface area is 120 Å². The summed E-state index contributed by atoms with van der Waals surface area (Å²) in [6, 6.07) is 9.23. The molecule has 0 atom stereocenters. The molecule has 5 heteroatoms. The highest BCUT2D eigenvalue weighted by Gasteiger charge is 2.29. The molecule has 1 fully saturated rings. The van der Waals surface area contributed by atoms with Crippen LogP contribution in [0.15, 0.2) is 39.6 Å². The van der Waals surface area contributed by atoms with Gasteiger partial charge in [-0.1, -0.05) is 33.2 Å². The SMILES string of the molecule is Brc1cccc(C2CC(NCCc3ncno3)C2)c1. The van der Waals surface area contributed by atoms with Crippen molar-refractivity contribution in [2.75, 3.05) is 6.54 Å². The Hall–Kier alpha value is -1.20. The summed E-state index contributed by atoms with van der Waals surface area (Å²) < 4.78 is 6.13. The fraction of sp³-hybridized carbons (Fsp3) is 0.429. The number of rotatable bonds is 5. The van der Waals surface area contributed by atoms with Gasteiger partial charge in [-0.3, -0.25) is 0 Å². The van der Waals surface area contributed by atoms with Gasteiger partial charge in [0.2, 0.25) is 5.89 Å². The molecule has 1 aliphatic rings. The molecule has 2 aromatic rings. The topological polar surface area (TPSA) is 51.0 Å². The van der Waals surface area contributed by atoms with E-state index in [1.54, 1.807) is 0 Å². The van der Waals surface area contributed by atoms with Crippen molar-refractivity contribution in [3.05, 3.63) is 46.5 Å². The third-order valence-electron chi connectivity index (χ3n) is 3.64. The smallest absolute Gasteiger partial charge is 0.227 e. The Kier molecular flexibility index (Phi) is 3.94. The predicted molar refractivity (Wildman–Crippen MR) is 75.9 cm³/mol. The van der Waals surface area contributed by atoms with E-state index in [9.17, 15) is 0 Å². The van der Waals surface area contributed by atoms with E-state index in [2.05, 4.69) is 55.7 Å². The second-order valence-electron chi connectivity index (χ2n) is 4.96. The minimum atomic E-state index is 0.618. The van der Waals surface area contributed by atoms with E-state index in [0.29, 0.717) is 17.9 Å². The fourth-order valence-corrected chi connectivity index (χ4v) is 2.92. The van der Waals surface area contributed by atoms with Crippen LogP contribution >= 0.6 is 15.9 Å². The van der Waals surface area contributed by atoms with Crippen molar-refractivity contribution in [2.45, 2.75) is 31.2 Å². The van der Waals surface area contributed by atoms with Crippen LogP contribution in [-0.4, -0.2) is 22.7 Å². The van der Waals surface area contributed by atoms with Gasteiger partial charge in [0.1, 0.15) is 0 Å². The molecule has 0 spiro atoms. The lowest BCUT2D eigenvalue weighted by molar-refractivity contribution is 0.287. The van der Waals surface area contributed by atoms with Gasteiger partial charge in [0.05, 0.1) is 0 Å². The first-order chi connectivity index (χ1) is 9.31. The summed E-state index contributed by atoms with van der Waals surface area (Å²) >= 11 is 3.52. The zero-order valence-corrected chi connectivity index (χ0v) is 12.1. The van der Waals surface area contributed by atoms with Gasteiger partial charge in [0, 0.05) is 23.5 Å². The van der Waals surface area contributed by atoms with Crippen LogP contribution < -0.4 is 5.32 Å². The molecule has 0 radical (unpaired) electrons. The third-order valence-corrected chi connectivity index (χ3v) is 4.13. The van der Waals surface area contributed by atoms with E-state index >= 15 is 0 Å². The monoisotopic (exact) mass is 321 g/mol. The average Bonchev–Trinajstić information content (AvgIpc) is 2.85. The third kappa shape index (κ3) is 3.22. The highest BCUT2D eigenvalue weighted by molar-refractivity contribution is 9.10. The lowest BCUT2D eigenvalue weighted by Gasteiger charge is -2.36. The van der Waals surface area contributed by atoms with Gasteiger partial charge in [-0.25, -0.2) is 0 Å². The first kappa shape index (κ1) is 12.8. The van der Waals surface area contributed by atoms with Gasteiger partial charge in [-0.05, 0) is 36.5 Å². The number of nitrogens with zero attached hydrogens (tertiary/aromatic N) is 2. The molecule has 0 saturated heterocycles. The summed E-state index contributed by atoms with van der Waals surface area (Å²) in [7, 11) is 0. The van der Waals surface area contributed by atoms with Crippen molar-refractivity contribution in [1.82, 2.24) is 15.5 Å². The molecule has 0 unspecified atom stereocenters. The largest absolute Gasteiger partial charge is 0.340 e. The van der Waals surface area contributed by atoms with Crippen LogP contribution in [0.3, 0.4) is 0 Å². The number of benzene rings is 1. The van der Waals surface area contributed by atoms with Crippen LogP contribution in [0.2, 0.25) is 0 Å². The summed E-state index contributed by atoms with van der Waals surface area (Å²) in [6.07, 6.45) is 4.67. The normalized spacial score (nSPS) is 22.2. The number of halogens is 1. The molecule has 1 N–H and O–H groups in total. The Morgan fingerprint density at radius 2 is 2.26 bits per heavy atom. The average molecular weight is 322 g/mol. The molecular formula is C14H16BrN3O. The van der Waals surface area contributed by atoms with Crippen molar-refractivity contribution in [1.29, 1.82) is 0 Å². The molecule has 100 valence electrons. The van der Waals surface area contributed by atoms with E-state index < -0.39 is 0 Å². The highest BCUT2D eigenvalue weighted by atomic mass is 79.9. The molecule has 0 aliphatic heterocycles. The van der Waals surface area contributed by atoms with Gasteiger partial charge in [0.25, 0.3) is 0 Å². The Morgan fingerprint density at radius 1 is 1.37 bits per heavy atom. The molecule has 0 amide bonds. The zero-order chi connectivity index (χ0) is 13.1. The standard InChI is InChI=1S/C14H16BrN3O/c15-12-3-1-2-10(6-12)11-7-13(8-11)16-5-4-14-17-9-18-19-14/h1-3,6,9,11,13,16H,4-5,7-8H2. The Bertz CT molecular complexity index is 523.